The summed E-state index contributed by atoms with van der Waals surface area (Å²) in [5.41, 5.74) is 1.63. The van der Waals surface area contributed by atoms with Gasteiger partial charge in [0.05, 0.1) is 6.61 Å². The Hall–Kier alpha value is -2.90. The van der Waals surface area contributed by atoms with Gasteiger partial charge in [0.15, 0.2) is 5.43 Å². The molecule has 2 heterocycles. The van der Waals surface area contributed by atoms with Crippen molar-refractivity contribution in [2.45, 2.75) is 13.5 Å². The number of amides is 1. The van der Waals surface area contributed by atoms with Crippen LogP contribution in [0.3, 0.4) is 0 Å². The first-order chi connectivity index (χ1) is 13.5. The minimum absolute atomic E-state index is 0.0973. The van der Waals surface area contributed by atoms with Crippen molar-refractivity contribution in [3.63, 3.8) is 0 Å². The molecule has 0 unspecified atom stereocenters. The highest BCUT2D eigenvalue weighted by molar-refractivity contribution is 7.15. The number of nitrogens with zero attached hydrogens (tertiary/aromatic N) is 1. The Morgan fingerprint density at radius 1 is 1.21 bits per heavy atom. The molecular weight excluding hydrogens is 400 g/mol. The van der Waals surface area contributed by atoms with E-state index in [2.05, 4.69) is 5.32 Å². The van der Waals surface area contributed by atoms with E-state index in [1.807, 2.05) is 35.7 Å². The van der Waals surface area contributed by atoms with Crippen molar-refractivity contribution in [1.82, 2.24) is 4.57 Å². The monoisotopic (exact) mass is 416 g/mol. The van der Waals surface area contributed by atoms with Crippen LogP contribution in [0.1, 0.15) is 17.3 Å². The molecule has 3 rings (SSSR count). The van der Waals surface area contributed by atoms with E-state index in [4.69, 9.17) is 16.3 Å². The molecule has 8 heteroatoms. The van der Waals surface area contributed by atoms with Crippen molar-refractivity contribution in [1.29, 1.82) is 0 Å². The first-order valence-electron chi connectivity index (χ1n) is 8.49. The predicted octanol–water partition coefficient (Wildman–Crippen LogP) is 4.05. The molecule has 0 saturated carbocycles. The van der Waals surface area contributed by atoms with Crippen molar-refractivity contribution in [3.05, 3.63) is 75.0 Å². The summed E-state index contributed by atoms with van der Waals surface area (Å²) in [4.78, 5) is 36.3. The van der Waals surface area contributed by atoms with E-state index < -0.39 is 5.97 Å². The van der Waals surface area contributed by atoms with Gasteiger partial charge in [-0.2, -0.15) is 0 Å². The topological polar surface area (TPSA) is 77.4 Å². The van der Waals surface area contributed by atoms with E-state index in [0.717, 1.165) is 5.56 Å². The number of halogens is 1. The van der Waals surface area contributed by atoms with Gasteiger partial charge in [-0.3, -0.25) is 9.59 Å². The Morgan fingerprint density at radius 3 is 2.64 bits per heavy atom. The van der Waals surface area contributed by atoms with Gasteiger partial charge in [-0.05, 0) is 12.5 Å². The van der Waals surface area contributed by atoms with Gasteiger partial charge < -0.3 is 14.6 Å². The molecule has 0 spiro atoms. The first kappa shape index (κ1) is 19.9. The van der Waals surface area contributed by atoms with Gasteiger partial charge in [-0.25, -0.2) is 4.79 Å². The van der Waals surface area contributed by atoms with Gasteiger partial charge in [-0.1, -0.05) is 41.9 Å². The molecule has 1 amide bonds. The zero-order valence-corrected chi connectivity index (χ0v) is 16.5. The van der Waals surface area contributed by atoms with Crippen LogP contribution in [0.2, 0.25) is 5.15 Å². The van der Waals surface area contributed by atoms with E-state index in [0.29, 0.717) is 16.1 Å². The summed E-state index contributed by atoms with van der Waals surface area (Å²) >= 11 is 7.24. The van der Waals surface area contributed by atoms with Crippen molar-refractivity contribution >= 4 is 39.8 Å². The van der Waals surface area contributed by atoms with Gasteiger partial charge >= 0.3 is 5.97 Å². The molecule has 3 aromatic rings. The highest BCUT2D eigenvalue weighted by Gasteiger charge is 2.22. The third kappa shape index (κ3) is 4.49. The lowest BCUT2D eigenvalue weighted by Gasteiger charge is -2.11. The lowest BCUT2D eigenvalue weighted by atomic mass is 10.0. The number of thiophene rings is 1. The third-order valence-corrected chi connectivity index (χ3v) is 5.10. The normalized spacial score (nSPS) is 10.5. The molecule has 0 aliphatic rings. The van der Waals surface area contributed by atoms with Crippen LogP contribution in [0.4, 0.5) is 5.00 Å². The minimum Gasteiger partial charge on any atom is -0.462 e. The van der Waals surface area contributed by atoms with Crippen LogP contribution >= 0.6 is 22.9 Å². The van der Waals surface area contributed by atoms with Crippen LogP contribution in [0, 0.1) is 0 Å². The number of hydrogen-bond acceptors (Lipinski definition) is 5. The maximum absolute atomic E-state index is 12.5. The Labute approximate surface area is 170 Å². The maximum Gasteiger partial charge on any atom is 0.341 e. The van der Waals surface area contributed by atoms with Gasteiger partial charge in [0.2, 0.25) is 5.91 Å². The zero-order chi connectivity index (χ0) is 20.1. The molecule has 2 aromatic heterocycles. The van der Waals surface area contributed by atoms with Gasteiger partial charge in [0.25, 0.3) is 0 Å². The van der Waals surface area contributed by atoms with E-state index in [-0.39, 0.29) is 29.6 Å². The van der Waals surface area contributed by atoms with E-state index in [1.54, 1.807) is 6.92 Å². The Balaban J connectivity index is 1.88. The Bertz CT molecular complexity index is 1060. The van der Waals surface area contributed by atoms with Crippen LogP contribution in [0.25, 0.3) is 11.1 Å². The molecule has 0 atom stereocenters. The fraction of sp³-hybridized carbons (Fsp3) is 0.150. The quantitative estimate of drug-likeness (QED) is 0.486. The standard InChI is InChI=1S/C20H17ClN2O4S/c1-2-27-20(26)18-15(13-6-4-3-5-7-13)12-28-19(18)22-17(25)11-23-9-8-14(24)10-16(23)21/h3-10,12H,2,11H2,1H3,(H,22,25). The molecule has 0 fully saturated rings. The number of pyridine rings is 1. The second-order valence-electron chi connectivity index (χ2n) is 5.80. The van der Waals surface area contributed by atoms with Crippen molar-refractivity contribution in [2.75, 3.05) is 11.9 Å². The van der Waals surface area contributed by atoms with Crippen molar-refractivity contribution < 1.29 is 14.3 Å². The summed E-state index contributed by atoms with van der Waals surface area (Å²) in [7, 11) is 0. The number of esters is 1. The average Bonchev–Trinajstić information content (AvgIpc) is 3.08. The maximum atomic E-state index is 12.5. The largest absolute Gasteiger partial charge is 0.462 e. The van der Waals surface area contributed by atoms with E-state index in [1.165, 1.54) is 34.2 Å². The number of ether oxygens (including phenoxy) is 1. The van der Waals surface area contributed by atoms with Crippen molar-refractivity contribution in [2.24, 2.45) is 0 Å². The van der Waals surface area contributed by atoms with Crippen LogP contribution in [0.15, 0.2) is 58.8 Å². The molecule has 0 aliphatic heterocycles. The number of benzene rings is 1. The SMILES string of the molecule is CCOC(=O)c1c(-c2ccccc2)csc1NC(=O)Cn1ccc(=O)cc1Cl. The molecule has 6 nitrogen and oxygen atoms in total. The fourth-order valence-electron chi connectivity index (χ4n) is 2.62. The van der Waals surface area contributed by atoms with Crippen LogP contribution in [-0.4, -0.2) is 23.1 Å². The highest BCUT2D eigenvalue weighted by atomic mass is 35.5. The molecule has 1 N–H and O–H groups in total. The number of hydrogen-bond donors (Lipinski definition) is 1. The highest BCUT2D eigenvalue weighted by Crippen LogP contribution is 2.36. The second-order valence-corrected chi connectivity index (χ2v) is 7.07. The smallest absolute Gasteiger partial charge is 0.341 e. The van der Waals surface area contributed by atoms with Crippen LogP contribution in [-0.2, 0) is 16.1 Å². The van der Waals surface area contributed by atoms with E-state index in [9.17, 15) is 14.4 Å². The molecule has 144 valence electrons. The molecule has 1 aromatic carbocycles. The number of rotatable bonds is 6. The molecule has 0 bridgehead atoms. The zero-order valence-electron chi connectivity index (χ0n) is 15.0. The number of nitrogens with one attached hydrogen (secondary N) is 1. The lowest BCUT2D eigenvalue weighted by Crippen LogP contribution is -2.21. The summed E-state index contributed by atoms with van der Waals surface area (Å²) in [6.45, 7) is 1.85. The Kier molecular flexibility index (Phi) is 6.28. The van der Waals surface area contributed by atoms with Gasteiger partial charge in [0, 0.05) is 29.3 Å². The number of carbonyl (C=O) groups is 2. The summed E-state index contributed by atoms with van der Waals surface area (Å²) < 4.78 is 6.62. The van der Waals surface area contributed by atoms with Gasteiger partial charge in [-0.15, -0.1) is 11.3 Å². The van der Waals surface area contributed by atoms with Gasteiger partial charge in [0.1, 0.15) is 22.3 Å². The third-order valence-electron chi connectivity index (χ3n) is 3.88. The average molecular weight is 417 g/mol. The number of carbonyl (C=O) groups excluding carboxylic acids is 2. The minimum atomic E-state index is -0.501. The summed E-state index contributed by atoms with van der Waals surface area (Å²) in [6.07, 6.45) is 1.44. The van der Waals surface area contributed by atoms with Crippen molar-refractivity contribution in [3.8, 4) is 11.1 Å². The molecule has 0 aliphatic carbocycles. The summed E-state index contributed by atoms with van der Waals surface area (Å²) in [5.74, 6) is -0.878. The number of anilines is 1. The van der Waals surface area contributed by atoms with E-state index >= 15 is 0 Å². The predicted molar refractivity (Wildman–Crippen MR) is 110 cm³/mol. The Morgan fingerprint density at radius 2 is 1.96 bits per heavy atom. The molecule has 0 radical (unpaired) electrons. The summed E-state index contributed by atoms with van der Waals surface area (Å²) in [6, 6.07) is 12.0. The fourth-order valence-corrected chi connectivity index (χ4v) is 3.82. The molecular formula is C20H17ClN2O4S. The second kappa shape index (κ2) is 8.86. The van der Waals surface area contributed by atoms with Crippen LogP contribution in [0.5, 0.6) is 0 Å². The van der Waals surface area contributed by atoms with Crippen LogP contribution < -0.4 is 10.7 Å². The molecule has 28 heavy (non-hydrogen) atoms. The first-order valence-corrected chi connectivity index (χ1v) is 9.75. The molecule has 0 saturated heterocycles. The lowest BCUT2D eigenvalue weighted by molar-refractivity contribution is -0.116. The summed E-state index contributed by atoms with van der Waals surface area (Å²) in [5, 5.41) is 5.12. The number of aromatic nitrogens is 1.